The first-order valence-corrected chi connectivity index (χ1v) is 11.8. The van der Waals surface area contributed by atoms with Gasteiger partial charge in [0.15, 0.2) is 0 Å². The van der Waals surface area contributed by atoms with Gasteiger partial charge in [-0.3, -0.25) is 9.59 Å². The maximum Gasteiger partial charge on any atom is 0.407 e. The number of fused-ring (bicyclic) bond motifs is 3. The van der Waals surface area contributed by atoms with E-state index in [9.17, 15) is 19.5 Å². The highest BCUT2D eigenvalue weighted by Gasteiger charge is 2.49. The third kappa shape index (κ3) is 4.15. The molecule has 0 unspecified atom stereocenters. The molecular formula is C27H32N2O5. The summed E-state index contributed by atoms with van der Waals surface area (Å²) < 4.78 is 5.62. The molecule has 2 aliphatic rings. The molecule has 7 nitrogen and oxygen atoms in total. The van der Waals surface area contributed by atoms with Gasteiger partial charge in [0.1, 0.15) is 12.6 Å². The van der Waals surface area contributed by atoms with E-state index in [1.807, 2.05) is 45.0 Å². The molecule has 34 heavy (non-hydrogen) atoms. The number of hydrogen-bond donors (Lipinski definition) is 2. The van der Waals surface area contributed by atoms with Gasteiger partial charge >= 0.3 is 12.1 Å². The Morgan fingerprint density at radius 3 is 2.15 bits per heavy atom. The number of carboxylic acid groups (broad SMARTS) is 1. The largest absolute Gasteiger partial charge is 0.481 e. The van der Waals surface area contributed by atoms with Gasteiger partial charge in [-0.15, -0.1) is 0 Å². The zero-order valence-corrected chi connectivity index (χ0v) is 20.1. The highest BCUT2D eigenvalue weighted by Crippen LogP contribution is 2.44. The third-order valence-electron chi connectivity index (χ3n) is 7.45. The van der Waals surface area contributed by atoms with Crippen LogP contribution in [0.25, 0.3) is 11.1 Å². The van der Waals surface area contributed by atoms with Crippen molar-refractivity contribution in [1.29, 1.82) is 0 Å². The summed E-state index contributed by atoms with van der Waals surface area (Å²) >= 11 is 0. The van der Waals surface area contributed by atoms with E-state index in [2.05, 4.69) is 29.6 Å². The van der Waals surface area contributed by atoms with Crippen molar-refractivity contribution in [3.63, 3.8) is 0 Å². The van der Waals surface area contributed by atoms with Crippen molar-refractivity contribution in [2.75, 3.05) is 19.7 Å². The summed E-state index contributed by atoms with van der Waals surface area (Å²) in [5.74, 6) is -1.63. The van der Waals surface area contributed by atoms with Crippen molar-refractivity contribution >= 4 is 18.0 Å². The number of nitrogens with one attached hydrogen (secondary N) is 1. The Morgan fingerprint density at radius 2 is 1.65 bits per heavy atom. The molecule has 4 rings (SSSR count). The molecule has 2 amide bonds. The van der Waals surface area contributed by atoms with E-state index in [-0.39, 0.29) is 36.8 Å². The Balaban J connectivity index is 1.43. The van der Waals surface area contributed by atoms with Crippen LogP contribution in [0.1, 0.15) is 44.7 Å². The summed E-state index contributed by atoms with van der Waals surface area (Å²) in [6.45, 7) is 7.83. The number of aliphatic carboxylic acids is 1. The lowest BCUT2D eigenvalue weighted by Gasteiger charge is -2.27. The van der Waals surface area contributed by atoms with Crippen LogP contribution in [0.2, 0.25) is 0 Å². The van der Waals surface area contributed by atoms with Crippen molar-refractivity contribution in [1.82, 2.24) is 10.2 Å². The number of carboxylic acids is 1. The van der Waals surface area contributed by atoms with Crippen molar-refractivity contribution in [3.8, 4) is 11.1 Å². The van der Waals surface area contributed by atoms with Crippen LogP contribution in [0.3, 0.4) is 0 Å². The van der Waals surface area contributed by atoms with Gasteiger partial charge in [0, 0.05) is 19.0 Å². The van der Waals surface area contributed by atoms with E-state index in [0.29, 0.717) is 6.54 Å². The number of amides is 2. The lowest BCUT2D eigenvalue weighted by molar-refractivity contribution is -0.149. The fourth-order valence-electron chi connectivity index (χ4n) is 5.07. The summed E-state index contributed by atoms with van der Waals surface area (Å²) in [6.07, 6.45) is -0.651. The van der Waals surface area contributed by atoms with Crippen LogP contribution in [0.4, 0.5) is 4.79 Å². The number of carbonyl (C=O) groups is 3. The minimum Gasteiger partial charge on any atom is -0.481 e. The Morgan fingerprint density at radius 1 is 1.09 bits per heavy atom. The Hall–Kier alpha value is -3.35. The minimum atomic E-state index is -0.999. The Labute approximate surface area is 200 Å². The molecule has 0 bridgehead atoms. The van der Waals surface area contributed by atoms with Gasteiger partial charge < -0.3 is 20.1 Å². The molecule has 1 fully saturated rings. The molecule has 2 aromatic rings. The second-order valence-electron chi connectivity index (χ2n) is 10.0. The summed E-state index contributed by atoms with van der Waals surface area (Å²) in [7, 11) is 0. The predicted octanol–water partition coefficient (Wildman–Crippen LogP) is 4.12. The molecule has 3 atom stereocenters. The molecule has 0 radical (unpaired) electrons. The van der Waals surface area contributed by atoms with Crippen LogP contribution in [0.15, 0.2) is 48.5 Å². The summed E-state index contributed by atoms with van der Waals surface area (Å²) in [4.78, 5) is 39.3. The fraction of sp³-hybridized carbons (Fsp3) is 0.444. The number of benzene rings is 2. The van der Waals surface area contributed by atoms with Crippen LogP contribution in [-0.2, 0) is 14.3 Å². The Bertz CT molecular complexity index is 1070. The molecule has 2 aromatic carbocycles. The maximum absolute atomic E-state index is 13.2. The predicted molar refractivity (Wildman–Crippen MR) is 128 cm³/mol. The smallest absolute Gasteiger partial charge is 0.407 e. The molecule has 1 aliphatic heterocycles. The van der Waals surface area contributed by atoms with Crippen molar-refractivity contribution in [3.05, 3.63) is 59.7 Å². The van der Waals surface area contributed by atoms with E-state index in [0.717, 1.165) is 22.3 Å². The first kappa shape index (κ1) is 23.8. The first-order valence-electron chi connectivity index (χ1n) is 11.8. The van der Waals surface area contributed by atoms with Crippen LogP contribution in [0.5, 0.6) is 0 Å². The molecular weight excluding hydrogens is 432 g/mol. The molecule has 1 saturated heterocycles. The highest BCUT2D eigenvalue weighted by atomic mass is 16.5. The first-order chi connectivity index (χ1) is 16.1. The monoisotopic (exact) mass is 464 g/mol. The average Bonchev–Trinajstić information content (AvgIpc) is 3.30. The number of carbonyl (C=O) groups excluding carboxylic acids is 2. The van der Waals surface area contributed by atoms with E-state index in [1.54, 1.807) is 11.8 Å². The van der Waals surface area contributed by atoms with E-state index in [4.69, 9.17) is 4.74 Å². The highest BCUT2D eigenvalue weighted by molar-refractivity contribution is 5.87. The second-order valence-corrected chi connectivity index (χ2v) is 10.0. The van der Waals surface area contributed by atoms with Crippen LogP contribution in [0, 0.1) is 17.3 Å². The van der Waals surface area contributed by atoms with E-state index < -0.39 is 23.5 Å². The van der Waals surface area contributed by atoms with Gasteiger partial charge in [-0.2, -0.15) is 0 Å². The van der Waals surface area contributed by atoms with Gasteiger partial charge in [-0.1, -0.05) is 69.3 Å². The molecule has 7 heteroatoms. The molecule has 0 saturated carbocycles. The molecule has 1 heterocycles. The number of rotatable bonds is 6. The number of nitrogens with zero attached hydrogens (tertiary/aromatic N) is 1. The lowest BCUT2D eigenvalue weighted by atomic mass is 9.81. The lowest BCUT2D eigenvalue weighted by Crippen LogP contribution is -2.51. The minimum absolute atomic E-state index is 0.0675. The van der Waals surface area contributed by atoms with Gasteiger partial charge in [0.25, 0.3) is 0 Å². The molecule has 2 N–H and O–H groups in total. The quantitative estimate of drug-likeness (QED) is 0.671. The Kier molecular flexibility index (Phi) is 6.39. The van der Waals surface area contributed by atoms with Crippen molar-refractivity contribution in [2.45, 2.75) is 39.7 Å². The number of likely N-dealkylation sites (tertiary alicyclic amines) is 1. The zero-order valence-electron chi connectivity index (χ0n) is 20.1. The SMILES string of the molecule is CC(C)[C@H](NC(=O)OCC1c2ccccc2-c2ccccc21)C(=O)N1C[C@@H](C)[C@](C)(C(=O)O)C1. The zero-order chi connectivity index (χ0) is 24.6. The van der Waals surface area contributed by atoms with Gasteiger partial charge in [-0.25, -0.2) is 4.79 Å². The molecule has 180 valence electrons. The second kappa shape index (κ2) is 9.12. The fourth-order valence-corrected chi connectivity index (χ4v) is 5.07. The van der Waals surface area contributed by atoms with E-state index in [1.165, 1.54) is 0 Å². The van der Waals surface area contributed by atoms with Crippen molar-refractivity contribution < 1.29 is 24.2 Å². The van der Waals surface area contributed by atoms with Crippen LogP contribution in [-0.4, -0.2) is 53.7 Å². The van der Waals surface area contributed by atoms with Gasteiger partial charge in [0.05, 0.1) is 5.41 Å². The normalized spacial score (nSPS) is 22.3. The summed E-state index contributed by atoms with van der Waals surface area (Å²) in [6, 6.07) is 15.4. The topological polar surface area (TPSA) is 95.9 Å². The summed E-state index contributed by atoms with van der Waals surface area (Å²) in [5.41, 5.74) is 3.53. The maximum atomic E-state index is 13.2. The summed E-state index contributed by atoms with van der Waals surface area (Å²) in [5, 5.41) is 12.4. The molecule has 1 aliphatic carbocycles. The number of ether oxygens (including phenoxy) is 1. The standard InChI is InChI=1S/C27H32N2O5/c1-16(2)23(24(30)29-13-17(3)27(4,15-29)25(31)32)28-26(33)34-14-22-20-11-7-5-9-18(20)19-10-6-8-12-21(19)22/h5-12,16-17,22-23H,13-15H2,1-4H3,(H,28,33)(H,31,32)/t17-,23+,27-/m1/s1. The van der Waals surface area contributed by atoms with E-state index >= 15 is 0 Å². The number of alkyl carbamates (subject to hydrolysis) is 1. The number of hydrogen-bond acceptors (Lipinski definition) is 4. The van der Waals surface area contributed by atoms with Crippen molar-refractivity contribution in [2.24, 2.45) is 17.3 Å². The van der Waals surface area contributed by atoms with Gasteiger partial charge in [0.2, 0.25) is 5.91 Å². The van der Waals surface area contributed by atoms with Crippen LogP contribution >= 0.6 is 0 Å². The third-order valence-corrected chi connectivity index (χ3v) is 7.45. The average molecular weight is 465 g/mol. The molecule has 0 aromatic heterocycles. The van der Waals surface area contributed by atoms with Gasteiger partial charge in [-0.05, 0) is 41.0 Å². The molecule has 0 spiro atoms. The van der Waals surface area contributed by atoms with Crippen LogP contribution < -0.4 is 5.32 Å².